The number of hydrogen-bond acceptors (Lipinski definition) is 5. The van der Waals surface area contributed by atoms with Gasteiger partial charge in [0.05, 0.1) is 24.9 Å². The Morgan fingerprint density at radius 3 is 2.67 bits per heavy atom. The van der Waals surface area contributed by atoms with Crippen molar-refractivity contribution in [3.05, 3.63) is 23.8 Å². The van der Waals surface area contributed by atoms with Crippen molar-refractivity contribution < 1.29 is 14.3 Å². The summed E-state index contributed by atoms with van der Waals surface area (Å²) in [5.41, 5.74) is 7.04. The zero-order chi connectivity index (χ0) is 13.7. The SMILES string of the molecule is CNC(=O)CN(C)c1ccc(N)cc1C(=O)OC. The Labute approximate surface area is 106 Å². The third-order valence-electron chi connectivity index (χ3n) is 2.50. The summed E-state index contributed by atoms with van der Waals surface area (Å²) in [5, 5.41) is 2.52. The van der Waals surface area contributed by atoms with Crippen LogP contribution >= 0.6 is 0 Å². The van der Waals surface area contributed by atoms with Gasteiger partial charge in [-0.25, -0.2) is 4.79 Å². The Morgan fingerprint density at radius 1 is 1.44 bits per heavy atom. The van der Waals surface area contributed by atoms with Crippen LogP contribution in [0.25, 0.3) is 0 Å². The van der Waals surface area contributed by atoms with Crippen LogP contribution in [0.3, 0.4) is 0 Å². The molecule has 6 heteroatoms. The molecular formula is C12H17N3O3. The van der Waals surface area contributed by atoms with Crippen molar-refractivity contribution in [1.82, 2.24) is 5.32 Å². The van der Waals surface area contributed by atoms with E-state index in [0.717, 1.165) is 0 Å². The van der Waals surface area contributed by atoms with Crippen LogP contribution in [-0.2, 0) is 9.53 Å². The third-order valence-corrected chi connectivity index (χ3v) is 2.50. The summed E-state index contributed by atoms with van der Waals surface area (Å²) in [5.74, 6) is -0.633. The van der Waals surface area contributed by atoms with Crippen molar-refractivity contribution in [2.24, 2.45) is 0 Å². The second kappa shape index (κ2) is 5.90. The molecule has 1 amide bonds. The molecule has 6 nitrogen and oxygen atoms in total. The number of hydrogen-bond donors (Lipinski definition) is 2. The predicted molar refractivity (Wildman–Crippen MR) is 69.5 cm³/mol. The topological polar surface area (TPSA) is 84.7 Å². The molecule has 1 aromatic rings. The molecule has 18 heavy (non-hydrogen) atoms. The van der Waals surface area contributed by atoms with Crippen LogP contribution in [0.1, 0.15) is 10.4 Å². The van der Waals surface area contributed by atoms with Crippen LogP contribution in [0.5, 0.6) is 0 Å². The number of amides is 1. The van der Waals surface area contributed by atoms with Gasteiger partial charge in [0, 0.05) is 19.8 Å². The molecule has 0 bridgehead atoms. The summed E-state index contributed by atoms with van der Waals surface area (Å²) in [6.45, 7) is 0.143. The van der Waals surface area contributed by atoms with Crippen LogP contribution in [0.2, 0.25) is 0 Å². The number of nitrogen functional groups attached to an aromatic ring is 1. The molecule has 0 heterocycles. The molecule has 0 spiro atoms. The van der Waals surface area contributed by atoms with Gasteiger partial charge in [0.1, 0.15) is 0 Å². The standard InChI is InChI=1S/C12H17N3O3/c1-14-11(16)7-15(2)10-5-4-8(13)6-9(10)12(17)18-3/h4-6H,7,13H2,1-3H3,(H,14,16). The van der Waals surface area contributed by atoms with Gasteiger partial charge in [-0.2, -0.15) is 0 Å². The van der Waals surface area contributed by atoms with Crippen molar-refractivity contribution in [2.75, 3.05) is 38.4 Å². The molecule has 98 valence electrons. The molecule has 0 aliphatic rings. The number of rotatable bonds is 4. The minimum atomic E-state index is -0.485. The number of esters is 1. The van der Waals surface area contributed by atoms with Crippen molar-refractivity contribution in [1.29, 1.82) is 0 Å². The monoisotopic (exact) mass is 251 g/mol. The van der Waals surface area contributed by atoms with Crippen molar-refractivity contribution in [2.45, 2.75) is 0 Å². The lowest BCUT2D eigenvalue weighted by atomic mass is 10.1. The Kier molecular flexibility index (Phi) is 4.53. The highest BCUT2D eigenvalue weighted by Gasteiger charge is 2.16. The van der Waals surface area contributed by atoms with E-state index in [1.807, 2.05) is 0 Å². The summed E-state index contributed by atoms with van der Waals surface area (Å²) < 4.78 is 4.69. The van der Waals surface area contributed by atoms with Crippen LogP contribution in [-0.4, -0.2) is 39.6 Å². The number of likely N-dealkylation sites (N-methyl/N-ethyl adjacent to an activating group) is 2. The van der Waals surface area contributed by atoms with E-state index < -0.39 is 5.97 Å². The normalized spacial score (nSPS) is 9.72. The highest BCUT2D eigenvalue weighted by Crippen LogP contribution is 2.22. The third kappa shape index (κ3) is 3.13. The molecule has 0 aliphatic heterocycles. The predicted octanol–water partition coefficient (Wildman–Crippen LogP) is 0.238. The van der Waals surface area contributed by atoms with E-state index in [2.05, 4.69) is 5.32 Å². The fraction of sp³-hybridized carbons (Fsp3) is 0.333. The average Bonchev–Trinajstić information content (AvgIpc) is 2.37. The number of nitrogens with zero attached hydrogens (tertiary/aromatic N) is 1. The molecule has 1 aromatic carbocycles. The lowest BCUT2D eigenvalue weighted by Gasteiger charge is -2.21. The molecule has 0 aliphatic carbocycles. The number of carbonyl (C=O) groups excluding carboxylic acids is 2. The summed E-state index contributed by atoms with van der Waals surface area (Å²) >= 11 is 0. The van der Waals surface area contributed by atoms with E-state index in [4.69, 9.17) is 10.5 Å². The van der Waals surface area contributed by atoms with E-state index in [0.29, 0.717) is 16.9 Å². The first kappa shape index (κ1) is 13.8. The van der Waals surface area contributed by atoms with Gasteiger partial charge in [0.2, 0.25) is 5.91 Å². The highest BCUT2D eigenvalue weighted by atomic mass is 16.5. The minimum absolute atomic E-state index is 0.143. The van der Waals surface area contributed by atoms with Gasteiger partial charge in [-0.1, -0.05) is 0 Å². The maximum absolute atomic E-state index is 11.6. The second-order valence-electron chi connectivity index (χ2n) is 3.80. The lowest BCUT2D eigenvalue weighted by Crippen LogP contribution is -2.33. The molecular weight excluding hydrogens is 234 g/mol. The van der Waals surface area contributed by atoms with Gasteiger partial charge in [0.25, 0.3) is 0 Å². The Balaban J connectivity index is 3.07. The maximum atomic E-state index is 11.6. The fourth-order valence-corrected chi connectivity index (χ4v) is 1.54. The molecule has 0 saturated heterocycles. The van der Waals surface area contributed by atoms with Gasteiger partial charge in [-0.3, -0.25) is 4.79 Å². The Hall–Kier alpha value is -2.24. The quantitative estimate of drug-likeness (QED) is 0.591. The van der Waals surface area contributed by atoms with Crippen molar-refractivity contribution in [3.63, 3.8) is 0 Å². The zero-order valence-corrected chi connectivity index (χ0v) is 10.7. The fourth-order valence-electron chi connectivity index (χ4n) is 1.54. The molecule has 0 saturated carbocycles. The van der Waals surface area contributed by atoms with E-state index in [9.17, 15) is 9.59 Å². The Morgan fingerprint density at radius 2 is 2.11 bits per heavy atom. The highest BCUT2D eigenvalue weighted by molar-refractivity contribution is 5.97. The van der Waals surface area contributed by atoms with Gasteiger partial charge in [-0.05, 0) is 18.2 Å². The number of anilines is 2. The molecule has 1 rings (SSSR count). The number of nitrogens with two attached hydrogens (primary N) is 1. The first-order valence-electron chi connectivity index (χ1n) is 5.39. The number of methoxy groups -OCH3 is 1. The summed E-state index contributed by atoms with van der Waals surface area (Å²) in [6, 6.07) is 4.88. The molecule has 0 atom stereocenters. The van der Waals surface area contributed by atoms with E-state index in [-0.39, 0.29) is 12.5 Å². The van der Waals surface area contributed by atoms with Crippen LogP contribution < -0.4 is 16.0 Å². The van der Waals surface area contributed by atoms with Gasteiger partial charge >= 0.3 is 5.97 Å². The molecule has 3 N–H and O–H groups in total. The van der Waals surface area contributed by atoms with Crippen LogP contribution in [0, 0.1) is 0 Å². The number of nitrogens with one attached hydrogen (secondary N) is 1. The number of benzene rings is 1. The van der Waals surface area contributed by atoms with Crippen molar-refractivity contribution >= 4 is 23.3 Å². The Bertz CT molecular complexity index is 460. The summed E-state index contributed by atoms with van der Waals surface area (Å²) in [4.78, 5) is 24.6. The van der Waals surface area contributed by atoms with Crippen LogP contribution in [0.15, 0.2) is 18.2 Å². The number of carbonyl (C=O) groups is 2. The summed E-state index contributed by atoms with van der Waals surface area (Å²) in [6.07, 6.45) is 0. The van der Waals surface area contributed by atoms with Crippen molar-refractivity contribution in [3.8, 4) is 0 Å². The first-order valence-corrected chi connectivity index (χ1v) is 5.39. The smallest absolute Gasteiger partial charge is 0.340 e. The lowest BCUT2D eigenvalue weighted by molar-refractivity contribution is -0.119. The van der Waals surface area contributed by atoms with E-state index in [1.165, 1.54) is 13.2 Å². The van der Waals surface area contributed by atoms with Crippen LogP contribution in [0.4, 0.5) is 11.4 Å². The minimum Gasteiger partial charge on any atom is -0.465 e. The maximum Gasteiger partial charge on any atom is 0.340 e. The van der Waals surface area contributed by atoms with Gasteiger partial charge < -0.3 is 20.7 Å². The van der Waals surface area contributed by atoms with Gasteiger partial charge in [0.15, 0.2) is 0 Å². The largest absolute Gasteiger partial charge is 0.465 e. The average molecular weight is 251 g/mol. The molecule has 0 fully saturated rings. The summed E-state index contributed by atoms with van der Waals surface area (Å²) in [7, 11) is 4.57. The van der Waals surface area contributed by atoms with E-state index >= 15 is 0 Å². The molecule has 0 unspecified atom stereocenters. The number of ether oxygens (including phenoxy) is 1. The molecule has 0 radical (unpaired) electrons. The second-order valence-corrected chi connectivity index (χ2v) is 3.80. The molecule has 0 aromatic heterocycles. The first-order chi connectivity index (χ1) is 8.49. The zero-order valence-electron chi connectivity index (χ0n) is 10.7. The van der Waals surface area contributed by atoms with E-state index in [1.54, 1.807) is 31.1 Å². The van der Waals surface area contributed by atoms with Gasteiger partial charge in [-0.15, -0.1) is 0 Å².